The van der Waals surface area contributed by atoms with Gasteiger partial charge in [-0.25, -0.2) is 9.59 Å². The van der Waals surface area contributed by atoms with Crippen LogP contribution in [0.15, 0.2) is 41.9 Å². The van der Waals surface area contributed by atoms with Crippen LogP contribution in [-0.4, -0.2) is 53.4 Å². The highest BCUT2D eigenvalue weighted by molar-refractivity contribution is 6.55. The summed E-state index contributed by atoms with van der Waals surface area (Å²) in [5.41, 5.74) is -2.09. The van der Waals surface area contributed by atoms with Gasteiger partial charge in [0, 0.05) is 6.50 Å². The van der Waals surface area contributed by atoms with E-state index < -0.39 is 48.5 Å². The molecule has 7 nitrogen and oxygen atoms in total. The first-order valence-corrected chi connectivity index (χ1v) is 10.2. The number of amides is 1. The fourth-order valence-electron chi connectivity index (χ4n) is 2.92. The van der Waals surface area contributed by atoms with Crippen molar-refractivity contribution in [3.8, 4) is 0 Å². The molecule has 0 spiro atoms. The summed E-state index contributed by atoms with van der Waals surface area (Å²) in [5, 5.41) is 0. The molecule has 1 aromatic carbocycles. The fraction of sp³-hybridized carbons (Fsp3) is 0.565. The Morgan fingerprint density at radius 3 is 2.32 bits per heavy atom. The van der Waals surface area contributed by atoms with E-state index in [0.717, 1.165) is 6.08 Å². The van der Waals surface area contributed by atoms with E-state index in [1.54, 1.807) is 72.7 Å². The van der Waals surface area contributed by atoms with E-state index in [-0.39, 0.29) is 12.1 Å². The lowest BCUT2D eigenvalue weighted by atomic mass is 9.78. The molecule has 0 N–H and O–H groups in total. The topological polar surface area (TPSA) is 74.3 Å². The predicted molar refractivity (Wildman–Crippen MR) is 117 cm³/mol. The summed E-state index contributed by atoms with van der Waals surface area (Å²) in [6.07, 6.45) is -0.140. The summed E-state index contributed by atoms with van der Waals surface area (Å²) < 4.78 is 49.1. The molecule has 1 atom stereocenters. The van der Waals surface area contributed by atoms with Gasteiger partial charge >= 0.3 is 19.2 Å². The normalized spacial score (nSPS) is 27.7. The van der Waals surface area contributed by atoms with Crippen molar-refractivity contribution in [2.45, 2.75) is 77.9 Å². The molecule has 0 bridgehead atoms. The molecule has 0 radical (unpaired) electrons. The fourth-order valence-corrected chi connectivity index (χ4v) is 2.92. The summed E-state index contributed by atoms with van der Waals surface area (Å²) in [5.74, 6) is -1.13. The van der Waals surface area contributed by atoms with Crippen molar-refractivity contribution in [1.29, 1.82) is 0 Å². The number of rotatable bonds is 4. The highest BCUT2D eigenvalue weighted by atomic mass is 16.7. The van der Waals surface area contributed by atoms with Gasteiger partial charge in [-0.3, -0.25) is 4.90 Å². The number of esters is 1. The second kappa shape index (κ2) is 8.32. The summed E-state index contributed by atoms with van der Waals surface area (Å²) in [6.45, 7) is 9.24. The number of hydrogen-bond donors (Lipinski definition) is 0. The van der Waals surface area contributed by atoms with Crippen LogP contribution < -0.4 is 0 Å². The van der Waals surface area contributed by atoms with Gasteiger partial charge in [0.25, 0.3) is 0 Å². The van der Waals surface area contributed by atoms with Crippen LogP contribution in [0.1, 0.15) is 58.1 Å². The molecule has 0 saturated carbocycles. The number of carbonyl (C=O) groups is 2. The Morgan fingerprint density at radius 1 is 1.19 bits per heavy atom. The summed E-state index contributed by atoms with van der Waals surface area (Å²) in [4.78, 5) is 26.7. The van der Waals surface area contributed by atoms with Crippen LogP contribution in [-0.2, 0) is 30.2 Å². The smallest absolute Gasteiger partial charge is 0.459 e. The van der Waals surface area contributed by atoms with Gasteiger partial charge in [-0.05, 0) is 59.5 Å². The van der Waals surface area contributed by atoms with Crippen LogP contribution in [0.5, 0.6) is 0 Å². The maximum Gasteiger partial charge on any atom is 0.492 e. The van der Waals surface area contributed by atoms with Crippen molar-refractivity contribution in [2.24, 2.45) is 0 Å². The number of nitrogens with zero attached hydrogens (tertiary/aromatic N) is 1. The Labute approximate surface area is 189 Å². The van der Waals surface area contributed by atoms with E-state index in [1.807, 2.05) is 6.07 Å². The SMILES string of the molecule is [2H]C1([2H])C(B2OC(C)(C)C(C)(C)O2)=CC([2H])(C(=O)OCc2ccccc2)N1C(=O)OC(C)(C)C. The largest absolute Gasteiger partial charge is 0.492 e. The molecule has 3 rings (SSSR count). The first-order valence-electron chi connectivity index (χ1n) is 11.7. The van der Waals surface area contributed by atoms with E-state index in [2.05, 4.69) is 0 Å². The van der Waals surface area contributed by atoms with Gasteiger partial charge in [0.15, 0.2) is 6.02 Å². The van der Waals surface area contributed by atoms with Crippen LogP contribution >= 0.6 is 0 Å². The number of hydrogen-bond acceptors (Lipinski definition) is 6. The van der Waals surface area contributed by atoms with E-state index in [9.17, 15) is 9.59 Å². The average molecular weight is 432 g/mol. The molecule has 2 aliphatic heterocycles. The van der Waals surface area contributed by atoms with Crippen molar-refractivity contribution >= 4 is 19.2 Å². The Hall–Kier alpha value is -2.32. The Bertz CT molecular complexity index is 976. The highest BCUT2D eigenvalue weighted by Gasteiger charge is 2.54. The second-order valence-electron chi connectivity index (χ2n) is 9.56. The number of benzene rings is 1. The third-order valence-electron chi connectivity index (χ3n) is 5.28. The molecule has 31 heavy (non-hydrogen) atoms. The van der Waals surface area contributed by atoms with Crippen molar-refractivity contribution in [1.82, 2.24) is 4.90 Å². The van der Waals surface area contributed by atoms with Gasteiger partial charge in [0.05, 0.1) is 15.3 Å². The Morgan fingerprint density at radius 2 is 1.77 bits per heavy atom. The van der Waals surface area contributed by atoms with Gasteiger partial charge in [-0.1, -0.05) is 36.4 Å². The van der Waals surface area contributed by atoms with Gasteiger partial charge in [-0.2, -0.15) is 0 Å². The lowest BCUT2D eigenvalue weighted by Crippen LogP contribution is -2.44. The van der Waals surface area contributed by atoms with E-state index >= 15 is 0 Å². The van der Waals surface area contributed by atoms with E-state index in [4.69, 9.17) is 22.9 Å². The molecule has 1 saturated heterocycles. The third-order valence-corrected chi connectivity index (χ3v) is 5.28. The first-order chi connectivity index (χ1) is 15.4. The van der Waals surface area contributed by atoms with Gasteiger partial charge < -0.3 is 18.8 Å². The van der Waals surface area contributed by atoms with Crippen molar-refractivity contribution in [2.75, 3.05) is 6.50 Å². The lowest BCUT2D eigenvalue weighted by molar-refractivity contribution is -0.148. The summed E-state index contributed by atoms with van der Waals surface area (Å²) in [6, 6.07) is 6.31. The Balaban J connectivity index is 1.99. The minimum Gasteiger partial charge on any atom is -0.459 e. The first kappa shape index (κ1) is 19.4. The molecule has 168 valence electrons. The molecule has 0 aromatic heterocycles. The molecule has 0 aliphatic carbocycles. The zero-order chi connectivity index (χ0) is 25.7. The monoisotopic (exact) mass is 432 g/mol. The molecule has 1 amide bonds. The van der Waals surface area contributed by atoms with Crippen LogP contribution in [0.25, 0.3) is 0 Å². The van der Waals surface area contributed by atoms with Crippen LogP contribution in [0, 0.1) is 0 Å². The molecule has 1 aromatic rings. The quantitative estimate of drug-likeness (QED) is 0.531. The number of ether oxygens (including phenoxy) is 2. The van der Waals surface area contributed by atoms with Gasteiger partial charge in [-0.15, -0.1) is 0 Å². The van der Waals surface area contributed by atoms with Crippen molar-refractivity contribution in [3.63, 3.8) is 0 Å². The maximum absolute atomic E-state index is 13.2. The molecule has 8 heteroatoms. The summed E-state index contributed by atoms with van der Waals surface area (Å²) >= 11 is 0. The molecular weight excluding hydrogens is 397 g/mol. The lowest BCUT2D eigenvalue weighted by Gasteiger charge is -2.32. The zero-order valence-electron chi connectivity index (χ0n) is 22.1. The summed E-state index contributed by atoms with van der Waals surface area (Å²) in [7, 11) is -1.22. The van der Waals surface area contributed by atoms with E-state index in [0.29, 0.717) is 10.5 Å². The van der Waals surface area contributed by atoms with E-state index in [1.165, 1.54) is 0 Å². The average Bonchev–Trinajstić information content (AvgIpc) is 3.04. The second-order valence-corrected chi connectivity index (χ2v) is 9.56. The van der Waals surface area contributed by atoms with Gasteiger partial charge in [0.2, 0.25) is 0 Å². The number of carbonyl (C=O) groups excluding carboxylic acids is 2. The van der Waals surface area contributed by atoms with Crippen LogP contribution in [0.3, 0.4) is 0 Å². The van der Waals surface area contributed by atoms with Gasteiger partial charge in [0.1, 0.15) is 12.2 Å². The van der Waals surface area contributed by atoms with Crippen molar-refractivity contribution in [3.05, 3.63) is 47.4 Å². The zero-order valence-corrected chi connectivity index (χ0v) is 19.1. The predicted octanol–water partition coefficient (Wildman–Crippen LogP) is 3.91. The third kappa shape index (κ3) is 5.30. The molecule has 1 fully saturated rings. The Kier molecular flexibility index (Phi) is 5.20. The van der Waals surface area contributed by atoms with Crippen molar-refractivity contribution < 1.29 is 32.5 Å². The maximum atomic E-state index is 13.2. The molecule has 1 unspecified atom stereocenters. The molecule has 2 aliphatic rings. The standard InChI is InChI=1S/C23H32BNO6/c1-21(2,3)29-20(27)25-14-17(24-30-22(4,5)23(6,7)31-24)13-18(25)19(26)28-15-16-11-9-8-10-12-16/h8-13,18H,14-15H2,1-7H3/i14D2,18D. The molecular formula is C23H32BNO6. The molecule has 2 heterocycles. The van der Waals surface area contributed by atoms with Crippen LogP contribution in [0.2, 0.25) is 0 Å². The van der Waals surface area contributed by atoms with Crippen LogP contribution in [0.4, 0.5) is 4.79 Å². The minimum atomic E-state index is -2.63. The minimum absolute atomic E-state index is 0.148. The highest BCUT2D eigenvalue weighted by Crippen LogP contribution is 2.40.